The van der Waals surface area contributed by atoms with E-state index < -0.39 is 10.0 Å². The van der Waals surface area contributed by atoms with E-state index in [0.29, 0.717) is 23.0 Å². The van der Waals surface area contributed by atoms with Crippen molar-refractivity contribution in [3.05, 3.63) is 53.6 Å². The van der Waals surface area contributed by atoms with E-state index in [1.54, 1.807) is 24.3 Å². The third-order valence-electron chi connectivity index (χ3n) is 4.59. The van der Waals surface area contributed by atoms with E-state index in [4.69, 9.17) is 21.1 Å². The molecule has 29 heavy (non-hydrogen) atoms. The van der Waals surface area contributed by atoms with Crippen LogP contribution in [0.4, 0.5) is 5.69 Å². The van der Waals surface area contributed by atoms with Gasteiger partial charge >= 0.3 is 0 Å². The monoisotopic (exact) mass is 438 g/mol. The number of carbonyl (C=O) groups is 1. The predicted molar refractivity (Wildman–Crippen MR) is 111 cm³/mol. The van der Waals surface area contributed by atoms with Gasteiger partial charge < -0.3 is 14.8 Å². The van der Waals surface area contributed by atoms with Crippen LogP contribution < -0.4 is 14.4 Å². The van der Waals surface area contributed by atoms with Gasteiger partial charge in [-0.15, -0.1) is 0 Å². The van der Waals surface area contributed by atoms with E-state index in [9.17, 15) is 13.2 Å². The molecule has 1 atom stereocenters. The first-order chi connectivity index (χ1) is 13.9. The largest absolute Gasteiger partial charge is 0.484 e. The van der Waals surface area contributed by atoms with Gasteiger partial charge in [-0.3, -0.25) is 9.10 Å². The smallest absolute Gasteiger partial charge is 0.264 e. The van der Waals surface area contributed by atoms with Gasteiger partial charge in [0.25, 0.3) is 15.9 Å². The molecule has 1 aliphatic rings. The van der Waals surface area contributed by atoms with E-state index in [1.165, 1.54) is 35.6 Å². The second-order valence-electron chi connectivity index (χ2n) is 6.65. The standard InChI is InChI=1S/C20H23ClN2O5S/c1-23(29(25,26)19-10-4-15(21)5-11-19)16-6-8-17(9-7-16)28-14-20(24)22-13-18-3-2-12-27-18/h4-11,18H,2-3,12-14H2,1H3,(H,22,24)/t18-/m0/s1. The third-order valence-corrected chi connectivity index (χ3v) is 6.64. The van der Waals surface area contributed by atoms with Crippen LogP contribution in [0.2, 0.25) is 5.02 Å². The number of rotatable bonds is 8. The highest BCUT2D eigenvalue weighted by atomic mass is 35.5. The zero-order chi connectivity index (χ0) is 20.9. The molecular weight excluding hydrogens is 416 g/mol. The Hall–Kier alpha value is -2.29. The summed E-state index contributed by atoms with van der Waals surface area (Å²) in [6.07, 6.45) is 2.05. The number of ether oxygens (including phenoxy) is 2. The number of anilines is 1. The second-order valence-corrected chi connectivity index (χ2v) is 9.05. The summed E-state index contributed by atoms with van der Waals surface area (Å²) >= 11 is 5.82. The Morgan fingerprint density at radius 1 is 1.21 bits per heavy atom. The van der Waals surface area contributed by atoms with Crippen LogP contribution in [-0.4, -0.2) is 47.2 Å². The van der Waals surface area contributed by atoms with Crippen molar-refractivity contribution in [1.82, 2.24) is 5.32 Å². The summed E-state index contributed by atoms with van der Waals surface area (Å²) in [5.41, 5.74) is 0.468. The molecule has 0 spiro atoms. The average Bonchev–Trinajstić information content (AvgIpc) is 3.24. The van der Waals surface area contributed by atoms with Crippen molar-refractivity contribution >= 4 is 33.2 Å². The minimum Gasteiger partial charge on any atom is -0.484 e. The first-order valence-corrected chi connectivity index (χ1v) is 11.0. The predicted octanol–water partition coefficient (Wildman–Crippen LogP) is 2.84. The maximum atomic E-state index is 12.7. The van der Waals surface area contributed by atoms with Crippen molar-refractivity contribution in [3.8, 4) is 5.75 Å². The molecule has 0 aliphatic carbocycles. The minimum atomic E-state index is -3.71. The van der Waals surface area contributed by atoms with Crippen LogP contribution in [0.1, 0.15) is 12.8 Å². The lowest BCUT2D eigenvalue weighted by atomic mass is 10.2. The number of hydrogen-bond acceptors (Lipinski definition) is 5. The molecule has 0 radical (unpaired) electrons. The Labute approximate surface area is 175 Å². The summed E-state index contributed by atoms with van der Waals surface area (Å²) in [5.74, 6) is 0.241. The minimum absolute atomic E-state index is 0.0800. The molecule has 1 amide bonds. The fourth-order valence-electron chi connectivity index (χ4n) is 2.89. The van der Waals surface area contributed by atoms with Crippen LogP contribution in [0.3, 0.4) is 0 Å². The summed E-state index contributed by atoms with van der Waals surface area (Å²) in [4.78, 5) is 12.0. The number of sulfonamides is 1. The van der Waals surface area contributed by atoms with E-state index in [0.717, 1.165) is 19.4 Å². The average molecular weight is 439 g/mol. The lowest BCUT2D eigenvalue weighted by Crippen LogP contribution is -2.35. The molecule has 0 bridgehead atoms. The number of nitrogens with one attached hydrogen (secondary N) is 1. The summed E-state index contributed by atoms with van der Waals surface area (Å²) in [6.45, 7) is 1.10. The zero-order valence-electron chi connectivity index (χ0n) is 16.0. The summed E-state index contributed by atoms with van der Waals surface area (Å²) in [5, 5.41) is 3.25. The van der Waals surface area contributed by atoms with Gasteiger partial charge in [-0.2, -0.15) is 0 Å². The Kier molecular flexibility index (Phi) is 7.00. The number of nitrogens with zero attached hydrogens (tertiary/aromatic N) is 1. The molecule has 2 aromatic rings. The molecule has 156 valence electrons. The van der Waals surface area contributed by atoms with E-state index in [-0.39, 0.29) is 23.5 Å². The van der Waals surface area contributed by atoms with Crippen molar-refractivity contribution in [3.63, 3.8) is 0 Å². The zero-order valence-corrected chi connectivity index (χ0v) is 17.6. The highest BCUT2D eigenvalue weighted by Crippen LogP contribution is 2.25. The molecule has 0 unspecified atom stereocenters. The second kappa shape index (κ2) is 9.47. The van der Waals surface area contributed by atoms with Gasteiger partial charge in [-0.05, 0) is 61.4 Å². The fourth-order valence-corrected chi connectivity index (χ4v) is 4.21. The summed E-state index contributed by atoms with van der Waals surface area (Å²) in [7, 11) is -2.23. The van der Waals surface area contributed by atoms with Gasteiger partial charge in [-0.25, -0.2) is 8.42 Å². The van der Waals surface area contributed by atoms with E-state index in [2.05, 4.69) is 5.32 Å². The van der Waals surface area contributed by atoms with Crippen molar-refractivity contribution in [2.45, 2.75) is 23.8 Å². The van der Waals surface area contributed by atoms with E-state index in [1.807, 2.05) is 0 Å². The Bertz CT molecular complexity index is 926. The highest BCUT2D eigenvalue weighted by molar-refractivity contribution is 7.92. The number of benzene rings is 2. The Morgan fingerprint density at radius 3 is 2.52 bits per heavy atom. The molecule has 1 heterocycles. The number of amides is 1. The first-order valence-electron chi connectivity index (χ1n) is 9.22. The van der Waals surface area contributed by atoms with Crippen LogP contribution in [0, 0.1) is 0 Å². The van der Waals surface area contributed by atoms with Crippen LogP contribution in [0.5, 0.6) is 5.75 Å². The molecule has 1 saturated heterocycles. The maximum absolute atomic E-state index is 12.7. The van der Waals surface area contributed by atoms with Gasteiger partial charge in [0.2, 0.25) is 0 Å². The Morgan fingerprint density at radius 2 is 1.90 bits per heavy atom. The van der Waals surface area contributed by atoms with Gasteiger partial charge in [-0.1, -0.05) is 11.6 Å². The third kappa shape index (κ3) is 5.62. The van der Waals surface area contributed by atoms with Crippen molar-refractivity contribution < 1.29 is 22.7 Å². The fraction of sp³-hybridized carbons (Fsp3) is 0.350. The quantitative estimate of drug-likeness (QED) is 0.685. The molecular formula is C20H23ClN2O5S. The van der Waals surface area contributed by atoms with Gasteiger partial charge in [0.1, 0.15) is 5.75 Å². The van der Waals surface area contributed by atoms with Crippen LogP contribution in [0.25, 0.3) is 0 Å². The molecule has 0 aromatic heterocycles. The van der Waals surface area contributed by atoms with Crippen molar-refractivity contribution in [2.24, 2.45) is 0 Å². The van der Waals surface area contributed by atoms with Gasteiger partial charge in [0, 0.05) is 25.2 Å². The summed E-state index contributed by atoms with van der Waals surface area (Å²) < 4.78 is 37.5. The molecule has 0 saturated carbocycles. The van der Waals surface area contributed by atoms with Gasteiger partial charge in [0.05, 0.1) is 16.7 Å². The van der Waals surface area contributed by atoms with Crippen LogP contribution >= 0.6 is 11.6 Å². The molecule has 9 heteroatoms. The van der Waals surface area contributed by atoms with Gasteiger partial charge in [0.15, 0.2) is 6.61 Å². The molecule has 1 fully saturated rings. The Balaban J connectivity index is 1.54. The number of halogens is 1. The molecule has 1 aliphatic heterocycles. The lowest BCUT2D eigenvalue weighted by molar-refractivity contribution is -0.123. The first kappa shape index (κ1) is 21.4. The van der Waals surface area contributed by atoms with Crippen LogP contribution in [-0.2, 0) is 19.6 Å². The SMILES string of the molecule is CN(c1ccc(OCC(=O)NC[C@@H]2CCCO2)cc1)S(=O)(=O)c1ccc(Cl)cc1. The van der Waals surface area contributed by atoms with E-state index >= 15 is 0 Å². The molecule has 2 aromatic carbocycles. The maximum Gasteiger partial charge on any atom is 0.264 e. The molecule has 1 N–H and O–H groups in total. The molecule has 3 rings (SSSR count). The number of carbonyl (C=O) groups excluding carboxylic acids is 1. The lowest BCUT2D eigenvalue weighted by Gasteiger charge is -2.20. The topological polar surface area (TPSA) is 84.9 Å². The highest BCUT2D eigenvalue weighted by Gasteiger charge is 2.21. The normalized spacial score (nSPS) is 16.4. The van der Waals surface area contributed by atoms with Crippen molar-refractivity contribution in [1.29, 1.82) is 0 Å². The molecule has 7 nitrogen and oxygen atoms in total. The van der Waals surface area contributed by atoms with Crippen molar-refractivity contribution in [2.75, 3.05) is 31.1 Å². The van der Waals surface area contributed by atoms with Crippen LogP contribution in [0.15, 0.2) is 53.4 Å². The summed E-state index contributed by atoms with van der Waals surface area (Å²) in [6, 6.07) is 12.5. The number of hydrogen-bond donors (Lipinski definition) is 1.